The third-order valence-electron chi connectivity index (χ3n) is 1.58. The van der Waals surface area contributed by atoms with Crippen molar-refractivity contribution in [2.75, 3.05) is 12.3 Å². The molecule has 1 aromatic heterocycles. The summed E-state index contributed by atoms with van der Waals surface area (Å²) in [6.07, 6.45) is -0.0833. The van der Waals surface area contributed by atoms with E-state index in [9.17, 15) is 9.59 Å². The Hall–Kier alpha value is -2.07. The van der Waals surface area contributed by atoms with E-state index in [1.165, 1.54) is 0 Å². The number of amides is 1. The summed E-state index contributed by atoms with van der Waals surface area (Å²) in [5.74, 6) is 4.05. The van der Waals surface area contributed by atoms with Crippen molar-refractivity contribution in [3.8, 4) is 11.8 Å². The van der Waals surface area contributed by atoms with E-state index >= 15 is 0 Å². The number of primary amides is 1. The Bertz CT molecular complexity index is 499. The molecular weight excluding hydrogens is 242 g/mol. The molecule has 0 aliphatic carbocycles. The van der Waals surface area contributed by atoms with Crippen molar-refractivity contribution < 1.29 is 14.3 Å². The molecule has 6 nitrogen and oxygen atoms in total. The summed E-state index contributed by atoms with van der Waals surface area (Å²) in [5.41, 5.74) is 10.5. The number of ether oxygens (including phenoxy) is 1. The van der Waals surface area contributed by atoms with E-state index in [2.05, 4.69) is 16.8 Å². The van der Waals surface area contributed by atoms with Crippen LogP contribution in [0.2, 0.25) is 0 Å². The number of nitrogens with zero attached hydrogens (tertiary/aromatic N) is 1. The maximum absolute atomic E-state index is 11.5. The average molecular weight is 253 g/mol. The van der Waals surface area contributed by atoms with Crippen molar-refractivity contribution in [2.45, 2.75) is 13.3 Å². The van der Waals surface area contributed by atoms with Gasteiger partial charge < -0.3 is 16.2 Å². The van der Waals surface area contributed by atoms with Crippen molar-refractivity contribution in [3.05, 3.63) is 10.6 Å². The lowest BCUT2D eigenvalue weighted by molar-refractivity contribution is -0.117. The van der Waals surface area contributed by atoms with Crippen molar-refractivity contribution in [1.29, 1.82) is 0 Å². The van der Waals surface area contributed by atoms with Gasteiger partial charge in [-0.05, 0) is 6.92 Å². The second-order valence-electron chi connectivity index (χ2n) is 2.90. The first-order chi connectivity index (χ1) is 8.04. The van der Waals surface area contributed by atoms with Crippen molar-refractivity contribution in [2.24, 2.45) is 5.73 Å². The van der Waals surface area contributed by atoms with Gasteiger partial charge in [-0.25, -0.2) is 9.78 Å². The van der Waals surface area contributed by atoms with E-state index in [0.717, 1.165) is 11.3 Å². The van der Waals surface area contributed by atoms with Gasteiger partial charge >= 0.3 is 5.97 Å². The standard InChI is InChI=1S/C10H11N3O3S/c1-2-16-9(15)8-6(17-10(12)13-8)4-3-5-7(11)14/h2,5H2,1H3,(H2,11,14)(H2,12,13). The maximum atomic E-state index is 11.5. The Labute approximate surface area is 102 Å². The number of rotatable bonds is 3. The van der Waals surface area contributed by atoms with Crippen LogP contribution in [-0.4, -0.2) is 23.5 Å². The molecule has 0 aliphatic heterocycles. The molecule has 1 amide bonds. The normalized spacial score (nSPS) is 9.24. The van der Waals surface area contributed by atoms with Gasteiger partial charge in [0.25, 0.3) is 0 Å². The van der Waals surface area contributed by atoms with Crippen LogP contribution in [-0.2, 0) is 9.53 Å². The number of anilines is 1. The van der Waals surface area contributed by atoms with E-state index in [1.807, 2.05) is 0 Å². The van der Waals surface area contributed by atoms with Gasteiger partial charge in [-0.2, -0.15) is 0 Å². The number of nitrogens with two attached hydrogens (primary N) is 2. The van der Waals surface area contributed by atoms with Crippen LogP contribution in [0.25, 0.3) is 0 Å². The molecule has 0 bridgehead atoms. The first-order valence-electron chi connectivity index (χ1n) is 4.75. The lowest BCUT2D eigenvalue weighted by Crippen LogP contribution is -2.08. The van der Waals surface area contributed by atoms with E-state index in [4.69, 9.17) is 16.2 Å². The smallest absolute Gasteiger partial charge is 0.359 e. The molecule has 0 spiro atoms. The number of thiazole rings is 1. The van der Waals surface area contributed by atoms with Gasteiger partial charge in [0.05, 0.1) is 13.0 Å². The number of nitrogen functional groups attached to an aromatic ring is 1. The van der Waals surface area contributed by atoms with Gasteiger partial charge in [0.1, 0.15) is 4.88 Å². The minimum Gasteiger partial charge on any atom is -0.461 e. The SMILES string of the molecule is CCOC(=O)c1nc(N)sc1C#CCC(N)=O. The molecule has 0 aromatic carbocycles. The predicted molar refractivity (Wildman–Crippen MR) is 63.2 cm³/mol. The fraction of sp³-hybridized carbons (Fsp3) is 0.300. The van der Waals surface area contributed by atoms with Crippen LogP contribution >= 0.6 is 11.3 Å². The van der Waals surface area contributed by atoms with Crippen LogP contribution in [0.1, 0.15) is 28.7 Å². The van der Waals surface area contributed by atoms with Crippen LogP contribution in [0.3, 0.4) is 0 Å². The highest BCUT2D eigenvalue weighted by Crippen LogP contribution is 2.20. The Morgan fingerprint density at radius 1 is 1.53 bits per heavy atom. The molecular formula is C10H11N3O3S. The summed E-state index contributed by atoms with van der Waals surface area (Å²) >= 11 is 1.06. The van der Waals surface area contributed by atoms with Gasteiger partial charge in [-0.1, -0.05) is 23.2 Å². The summed E-state index contributed by atoms with van der Waals surface area (Å²) in [6, 6.07) is 0. The van der Waals surface area contributed by atoms with Crippen molar-refractivity contribution in [3.63, 3.8) is 0 Å². The topological polar surface area (TPSA) is 108 Å². The predicted octanol–water partition coefficient (Wildman–Crippen LogP) is 0.129. The molecule has 1 aromatic rings. The fourth-order valence-electron chi connectivity index (χ4n) is 0.971. The highest BCUT2D eigenvalue weighted by Gasteiger charge is 2.16. The number of hydrogen-bond acceptors (Lipinski definition) is 6. The highest BCUT2D eigenvalue weighted by molar-refractivity contribution is 7.16. The number of hydrogen-bond donors (Lipinski definition) is 2. The van der Waals surface area contributed by atoms with Crippen LogP contribution in [0, 0.1) is 11.8 Å². The molecule has 7 heteroatoms. The average Bonchev–Trinajstić information content (AvgIpc) is 2.59. The molecule has 1 rings (SSSR count). The van der Waals surface area contributed by atoms with Gasteiger partial charge in [0.15, 0.2) is 10.8 Å². The molecule has 90 valence electrons. The minimum atomic E-state index is -0.580. The lowest BCUT2D eigenvalue weighted by atomic mass is 10.3. The number of esters is 1. The molecule has 0 aliphatic rings. The van der Waals surface area contributed by atoms with Crippen LogP contribution < -0.4 is 11.5 Å². The summed E-state index contributed by atoms with van der Waals surface area (Å²) in [6.45, 7) is 1.93. The zero-order valence-electron chi connectivity index (χ0n) is 9.15. The Kier molecular flexibility index (Phi) is 4.48. The summed E-state index contributed by atoms with van der Waals surface area (Å²) in [5, 5.41) is 0.219. The molecule has 0 radical (unpaired) electrons. The molecule has 0 saturated heterocycles. The summed E-state index contributed by atoms with van der Waals surface area (Å²) in [4.78, 5) is 26.2. The minimum absolute atomic E-state index is 0.0753. The lowest BCUT2D eigenvalue weighted by Gasteiger charge is -1.97. The van der Waals surface area contributed by atoms with E-state index in [0.29, 0.717) is 4.88 Å². The first kappa shape index (κ1) is 13.0. The van der Waals surface area contributed by atoms with Gasteiger partial charge in [-0.15, -0.1) is 0 Å². The van der Waals surface area contributed by atoms with Crippen molar-refractivity contribution >= 4 is 28.3 Å². The molecule has 0 fully saturated rings. The zero-order chi connectivity index (χ0) is 12.8. The number of carbonyl (C=O) groups is 2. The second-order valence-corrected chi connectivity index (χ2v) is 3.93. The number of aromatic nitrogens is 1. The quantitative estimate of drug-likeness (QED) is 0.588. The molecule has 0 saturated carbocycles. The third kappa shape index (κ3) is 3.77. The molecule has 0 unspecified atom stereocenters. The van der Waals surface area contributed by atoms with Crippen molar-refractivity contribution in [1.82, 2.24) is 4.98 Å². The van der Waals surface area contributed by atoms with Crippen LogP contribution in [0.5, 0.6) is 0 Å². The third-order valence-corrected chi connectivity index (χ3v) is 2.38. The molecule has 1 heterocycles. The molecule has 17 heavy (non-hydrogen) atoms. The maximum Gasteiger partial charge on any atom is 0.359 e. The summed E-state index contributed by atoms with van der Waals surface area (Å²) in [7, 11) is 0. The summed E-state index contributed by atoms with van der Waals surface area (Å²) < 4.78 is 4.80. The van der Waals surface area contributed by atoms with Gasteiger partial charge in [0.2, 0.25) is 5.91 Å². The first-order valence-corrected chi connectivity index (χ1v) is 5.56. The fourth-order valence-corrected chi connectivity index (χ4v) is 1.67. The van der Waals surface area contributed by atoms with E-state index < -0.39 is 11.9 Å². The van der Waals surface area contributed by atoms with Gasteiger partial charge in [0, 0.05) is 0 Å². The largest absolute Gasteiger partial charge is 0.461 e. The Morgan fingerprint density at radius 3 is 2.82 bits per heavy atom. The van der Waals surface area contributed by atoms with Crippen LogP contribution in [0.15, 0.2) is 0 Å². The number of carbonyl (C=O) groups excluding carboxylic acids is 2. The Morgan fingerprint density at radius 2 is 2.24 bits per heavy atom. The monoisotopic (exact) mass is 253 g/mol. The van der Waals surface area contributed by atoms with Gasteiger partial charge in [-0.3, -0.25) is 4.79 Å². The second kappa shape index (κ2) is 5.86. The van der Waals surface area contributed by atoms with E-state index in [1.54, 1.807) is 6.92 Å². The van der Waals surface area contributed by atoms with E-state index in [-0.39, 0.29) is 23.9 Å². The molecule has 0 atom stereocenters. The molecule has 4 N–H and O–H groups in total. The zero-order valence-corrected chi connectivity index (χ0v) is 9.97. The highest BCUT2D eigenvalue weighted by atomic mass is 32.1. The van der Waals surface area contributed by atoms with Crippen LogP contribution in [0.4, 0.5) is 5.13 Å². The Balaban J connectivity index is 2.94.